The number of carbonyl (C=O) groups is 1. The zero-order valence-electron chi connectivity index (χ0n) is 10.1. The Morgan fingerprint density at radius 1 is 1.30 bits per heavy atom. The summed E-state index contributed by atoms with van der Waals surface area (Å²) in [5, 5.41) is 21.7. The normalized spacial score (nSPS) is 11.2. The average molecular weight is 292 g/mol. The monoisotopic (exact) mass is 291 g/mol. The van der Waals surface area contributed by atoms with Crippen molar-refractivity contribution in [3.8, 4) is 0 Å². The lowest BCUT2D eigenvalue weighted by Gasteiger charge is -2.08. The second kappa shape index (κ2) is 5.98. The van der Waals surface area contributed by atoms with Crippen LogP contribution in [0.15, 0.2) is 41.8 Å². The number of hydrogen-bond donors (Lipinski definition) is 3. The van der Waals surface area contributed by atoms with Gasteiger partial charge in [-0.1, -0.05) is 16.8 Å². The van der Waals surface area contributed by atoms with Gasteiger partial charge in [-0.15, -0.1) is 0 Å². The van der Waals surface area contributed by atoms with Crippen LogP contribution in [0.1, 0.15) is 15.9 Å². The largest absolute Gasteiger partial charge is 0.409 e. The van der Waals surface area contributed by atoms with Crippen molar-refractivity contribution in [1.82, 2.24) is 10.2 Å². The molecule has 0 spiro atoms. The molecule has 0 saturated heterocycles. The Kier molecular flexibility index (Phi) is 4.11. The maximum Gasteiger partial charge on any atom is 0.257 e. The molecule has 0 aliphatic rings. The highest BCUT2D eigenvalue weighted by Crippen LogP contribution is 2.23. The van der Waals surface area contributed by atoms with E-state index < -0.39 is 5.91 Å². The molecule has 2 aromatic rings. The zero-order valence-corrected chi connectivity index (χ0v) is 10.9. The number of benzene rings is 1. The van der Waals surface area contributed by atoms with Gasteiger partial charge in [-0.3, -0.25) is 4.79 Å². The second-order valence-corrected chi connectivity index (χ2v) is 4.17. The summed E-state index contributed by atoms with van der Waals surface area (Å²) >= 11 is 5.99. The molecular formula is C12H10ClN5O2. The number of halogens is 1. The lowest BCUT2D eigenvalue weighted by atomic mass is 10.1. The summed E-state index contributed by atoms with van der Waals surface area (Å²) in [4.78, 5) is 12.0. The van der Waals surface area contributed by atoms with Gasteiger partial charge in [-0.05, 0) is 24.3 Å². The van der Waals surface area contributed by atoms with Crippen LogP contribution in [0.5, 0.6) is 0 Å². The molecule has 1 amide bonds. The van der Waals surface area contributed by atoms with Crippen molar-refractivity contribution in [3.63, 3.8) is 0 Å². The van der Waals surface area contributed by atoms with Crippen LogP contribution in [-0.2, 0) is 0 Å². The molecule has 8 heteroatoms. The summed E-state index contributed by atoms with van der Waals surface area (Å²) in [7, 11) is 0. The van der Waals surface area contributed by atoms with E-state index in [1.807, 2.05) is 0 Å². The highest BCUT2D eigenvalue weighted by molar-refractivity contribution is 6.34. The Balaban J connectivity index is 2.27. The maximum absolute atomic E-state index is 12.0. The standard InChI is InChI=1S/C12H10ClN5O2/c13-9-2-1-7(11(14)18-20)5-10(9)17-12(19)8-3-4-15-16-6-8/h1-6,20H,(H2,14,18)(H,17,19). The number of nitrogens with two attached hydrogens (primary N) is 1. The number of oxime groups is 1. The molecule has 0 fully saturated rings. The lowest BCUT2D eigenvalue weighted by molar-refractivity contribution is 0.102. The first-order chi connectivity index (χ1) is 9.61. The summed E-state index contributed by atoms with van der Waals surface area (Å²) < 4.78 is 0. The minimum Gasteiger partial charge on any atom is -0.409 e. The van der Waals surface area contributed by atoms with E-state index in [0.29, 0.717) is 21.8 Å². The molecule has 0 aliphatic heterocycles. The number of aromatic nitrogens is 2. The van der Waals surface area contributed by atoms with Crippen LogP contribution in [0.4, 0.5) is 5.69 Å². The van der Waals surface area contributed by atoms with Gasteiger partial charge in [0.25, 0.3) is 5.91 Å². The van der Waals surface area contributed by atoms with Crippen LogP contribution in [0.2, 0.25) is 5.02 Å². The average Bonchev–Trinajstić information content (AvgIpc) is 2.49. The third-order valence-corrected chi connectivity index (χ3v) is 2.79. The predicted molar refractivity (Wildman–Crippen MR) is 73.9 cm³/mol. The smallest absolute Gasteiger partial charge is 0.257 e. The number of nitrogens with zero attached hydrogens (tertiary/aromatic N) is 3. The summed E-state index contributed by atoms with van der Waals surface area (Å²) in [6, 6.07) is 6.13. The molecule has 0 saturated carbocycles. The first kappa shape index (κ1) is 13.8. The topological polar surface area (TPSA) is 113 Å². The SMILES string of the molecule is N/C(=N/O)c1ccc(Cl)c(NC(=O)c2ccnnc2)c1. The fourth-order valence-corrected chi connectivity index (χ4v) is 1.62. The summed E-state index contributed by atoms with van der Waals surface area (Å²) in [5.74, 6) is -0.471. The molecule has 0 atom stereocenters. The Hall–Kier alpha value is -2.67. The molecule has 1 aromatic heterocycles. The van der Waals surface area contributed by atoms with E-state index in [2.05, 4.69) is 20.7 Å². The highest BCUT2D eigenvalue weighted by atomic mass is 35.5. The summed E-state index contributed by atoms with van der Waals surface area (Å²) in [5.41, 5.74) is 6.59. The van der Waals surface area contributed by atoms with Crippen molar-refractivity contribution >= 4 is 29.0 Å². The number of amidine groups is 1. The minimum absolute atomic E-state index is 0.0808. The first-order valence-electron chi connectivity index (χ1n) is 5.47. The Morgan fingerprint density at radius 3 is 2.75 bits per heavy atom. The van der Waals surface area contributed by atoms with E-state index in [4.69, 9.17) is 22.5 Å². The van der Waals surface area contributed by atoms with Crippen molar-refractivity contribution in [1.29, 1.82) is 0 Å². The van der Waals surface area contributed by atoms with Crippen LogP contribution in [0, 0.1) is 0 Å². The lowest BCUT2D eigenvalue weighted by Crippen LogP contribution is -2.16. The predicted octanol–water partition coefficient (Wildman–Crippen LogP) is 1.48. The van der Waals surface area contributed by atoms with Crippen LogP contribution in [0.25, 0.3) is 0 Å². The van der Waals surface area contributed by atoms with Gasteiger partial charge in [-0.2, -0.15) is 10.2 Å². The number of anilines is 1. The van der Waals surface area contributed by atoms with E-state index >= 15 is 0 Å². The van der Waals surface area contributed by atoms with Crippen molar-refractivity contribution in [2.45, 2.75) is 0 Å². The van der Waals surface area contributed by atoms with Gasteiger partial charge < -0.3 is 16.3 Å². The van der Waals surface area contributed by atoms with Crippen molar-refractivity contribution in [2.75, 3.05) is 5.32 Å². The van der Waals surface area contributed by atoms with E-state index in [1.165, 1.54) is 30.6 Å². The van der Waals surface area contributed by atoms with Crippen LogP contribution >= 0.6 is 11.6 Å². The quantitative estimate of drug-likeness (QED) is 0.343. The van der Waals surface area contributed by atoms with E-state index in [1.54, 1.807) is 6.07 Å². The van der Waals surface area contributed by atoms with Gasteiger partial charge in [0.2, 0.25) is 0 Å². The Labute approximate surface area is 119 Å². The van der Waals surface area contributed by atoms with Crippen LogP contribution < -0.4 is 11.1 Å². The molecule has 1 aromatic carbocycles. The van der Waals surface area contributed by atoms with Gasteiger partial charge >= 0.3 is 0 Å². The van der Waals surface area contributed by atoms with Crippen molar-refractivity contribution in [2.24, 2.45) is 10.9 Å². The van der Waals surface area contributed by atoms with Crippen LogP contribution in [-0.4, -0.2) is 27.1 Å². The molecule has 20 heavy (non-hydrogen) atoms. The van der Waals surface area contributed by atoms with Gasteiger partial charge in [0.1, 0.15) is 0 Å². The number of amides is 1. The minimum atomic E-state index is -0.390. The molecule has 4 N–H and O–H groups in total. The molecule has 0 radical (unpaired) electrons. The van der Waals surface area contributed by atoms with Gasteiger partial charge in [0.15, 0.2) is 5.84 Å². The fourth-order valence-electron chi connectivity index (χ4n) is 1.46. The zero-order chi connectivity index (χ0) is 14.5. The molecule has 2 rings (SSSR count). The second-order valence-electron chi connectivity index (χ2n) is 3.77. The molecule has 7 nitrogen and oxygen atoms in total. The van der Waals surface area contributed by atoms with Gasteiger partial charge in [-0.25, -0.2) is 0 Å². The maximum atomic E-state index is 12.0. The molecule has 0 bridgehead atoms. The molecule has 0 unspecified atom stereocenters. The first-order valence-corrected chi connectivity index (χ1v) is 5.85. The highest BCUT2D eigenvalue weighted by Gasteiger charge is 2.10. The van der Waals surface area contributed by atoms with Crippen molar-refractivity contribution < 1.29 is 10.0 Å². The summed E-state index contributed by atoms with van der Waals surface area (Å²) in [6.07, 6.45) is 2.74. The van der Waals surface area contributed by atoms with E-state index in [0.717, 1.165) is 0 Å². The number of hydrogen-bond acceptors (Lipinski definition) is 5. The van der Waals surface area contributed by atoms with Crippen LogP contribution in [0.3, 0.4) is 0 Å². The molecular weight excluding hydrogens is 282 g/mol. The molecule has 102 valence electrons. The van der Waals surface area contributed by atoms with E-state index in [-0.39, 0.29) is 5.84 Å². The van der Waals surface area contributed by atoms with Crippen molar-refractivity contribution in [3.05, 3.63) is 52.8 Å². The third-order valence-electron chi connectivity index (χ3n) is 2.46. The molecule has 1 heterocycles. The molecule has 0 aliphatic carbocycles. The number of nitrogens with one attached hydrogen (secondary N) is 1. The number of carbonyl (C=O) groups excluding carboxylic acids is 1. The van der Waals surface area contributed by atoms with Gasteiger partial charge in [0.05, 0.1) is 28.7 Å². The Morgan fingerprint density at radius 2 is 2.10 bits per heavy atom. The number of rotatable bonds is 3. The fraction of sp³-hybridized carbons (Fsp3) is 0. The third kappa shape index (κ3) is 3.01. The summed E-state index contributed by atoms with van der Waals surface area (Å²) in [6.45, 7) is 0. The van der Waals surface area contributed by atoms with E-state index in [9.17, 15) is 4.79 Å². The Bertz CT molecular complexity index is 660. The van der Waals surface area contributed by atoms with Gasteiger partial charge in [0, 0.05) is 5.56 Å².